The number of anilines is 1. The highest BCUT2D eigenvalue weighted by atomic mass is 79.9. The number of amides is 1. The fraction of sp³-hybridized carbons (Fsp3) is 0.364. The van der Waals surface area contributed by atoms with E-state index in [4.69, 9.17) is 17.3 Å². The molecule has 1 rings (SSSR count). The molecular formula is C11H14BrClN2O. The number of carbonyl (C=O) groups is 1. The summed E-state index contributed by atoms with van der Waals surface area (Å²) in [5.74, 6) is -0.0934. The van der Waals surface area contributed by atoms with Gasteiger partial charge in [-0.25, -0.2) is 0 Å². The number of hydrogen-bond acceptors (Lipinski definition) is 2. The maximum absolute atomic E-state index is 11.7. The first-order chi connectivity index (χ1) is 7.41. The van der Waals surface area contributed by atoms with Gasteiger partial charge in [-0.05, 0) is 40.0 Å². The van der Waals surface area contributed by atoms with Gasteiger partial charge in [-0.2, -0.15) is 0 Å². The van der Waals surface area contributed by atoms with Crippen LogP contribution in [-0.4, -0.2) is 11.9 Å². The second-order valence-corrected chi connectivity index (χ2v) is 5.17. The van der Waals surface area contributed by atoms with Gasteiger partial charge in [0.25, 0.3) is 0 Å². The minimum absolute atomic E-state index is 0.103. The Bertz CT molecular complexity index is 396. The maximum Gasteiger partial charge on any atom is 0.241 e. The van der Waals surface area contributed by atoms with Gasteiger partial charge in [0, 0.05) is 9.50 Å². The van der Waals surface area contributed by atoms with Crippen LogP contribution in [0.5, 0.6) is 0 Å². The van der Waals surface area contributed by atoms with E-state index >= 15 is 0 Å². The predicted molar refractivity (Wildman–Crippen MR) is 70.6 cm³/mol. The van der Waals surface area contributed by atoms with Crippen LogP contribution in [0.15, 0.2) is 22.7 Å². The molecule has 0 radical (unpaired) electrons. The largest absolute Gasteiger partial charge is 0.324 e. The molecule has 0 spiro atoms. The van der Waals surface area contributed by atoms with Gasteiger partial charge in [0.15, 0.2) is 0 Å². The first-order valence-corrected chi connectivity index (χ1v) is 6.10. The van der Waals surface area contributed by atoms with Gasteiger partial charge in [-0.3, -0.25) is 4.79 Å². The average molecular weight is 306 g/mol. The van der Waals surface area contributed by atoms with Crippen LogP contribution in [-0.2, 0) is 4.79 Å². The van der Waals surface area contributed by atoms with Crippen molar-refractivity contribution in [2.24, 2.45) is 11.7 Å². The molecule has 0 saturated carbocycles. The van der Waals surface area contributed by atoms with Gasteiger partial charge in [0.1, 0.15) is 0 Å². The van der Waals surface area contributed by atoms with Crippen LogP contribution >= 0.6 is 27.5 Å². The van der Waals surface area contributed by atoms with Crippen LogP contribution in [0.3, 0.4) is 0 Å². The third-order valence-electron chi connectivity index (χ3n) is 2.21. The quantitative estimate of drug-likeness (QED) is 0.902. The number of halogens is 2. The number of carbonyl (C=O) groups excluding carboxylic acids is 1. The molecular weight excluding hydrogens is 291 g/mol. The fourth-order valence-electron chi connectivity index (χ4n) is 1.11. The number of rotatable bonds is 3. The maximum atomic E-state index is 11.7. The standard InChI is InChI=1S/C11H14BrClN2O/c1-6(2)10(14)11(16)15-9-4-3-7(13)5-8(9)12/h3-6,10H,14H2,1-2H3,(H,15,16)/t10-/m1/s1. The Kier molecular flexibility index (Phi) is 4.77. The van der Waals surface area contributed by atoms with Gasteiger partial charge in [0.2, 0.25) is 5.91 Å². The van der Waals surface area contributed by atoms with E-state index in [0.29, 0.717) is 10.7 Å². The van der Waals surface area contributed by atoms with E-state index < -0.39 is 6.04 Å². The monoisotopic (exact) mass is 304 g/mol. The van der Waals surface area contributed by atoms with Gasteiger partial charge in [-0.1, -0.05) is 25.4 Å². The zero-order chi connectivity index (χ0) is 12.3. The van der Waals surface area contributed by atoms with Crippen molar-refractivity contribution in [1.82, 2.24) is 0 Å². The van der Waals surface area contributed by atoms with Crippen LogP contribution in [0.4, 0.5) is 5.69 Å². The molecule has 3 nitrogen and oxygen atoms in total. The fourth-order valence-corrected chi connectivity index (χ4v) is 1.89. The van der Waals surface area contributed by atoms with Crippen LogP contribution in [0.25, 0.3) is 0 Å². The molecule has 1 atom stereocenters. The highest BCUT2D eigenvalue weighted by molar-refractivity contribution is 9.10. The van der Waals surface area contributed by atoms with E-state index in [1.54, 1.807) is 18.2 Å². The zero-order valence-electron chi connectivity index (χ0n) is 9.13. The van der Waals surface area contributed by atoms with E-state index in [-0.39, 0.29) is 11.8 Å². The summed E-state index contributed by atoms with van der Waals surface area (Å²) in [7, 11) is 0. The van der Waals surface area contributed by atoms with Crippen molar-refractivity contribution in [3.05, 3.63) is 27.7 Å². The van der Waals surface area contributed by atoms with Crippen LogP contribution < -0.4 is 11.1 Å². The van der Waals surface area contributed by atoms with E-state index in [1.807, 2.05) is 13.8 Å². The first-order valence-electron chi connectivity index (χ1n) is 4.93. The molecule has 1 aromatic carbocycles. The summed E-state index contributed by atoms with van der Waals surface area (Å²) in [5, 5.41) is 3.36. The van der Waals surface area contributed by atoms with Crippen molar-refractivity contribution in [2.75, 3.05) is 5.32 Å². The van der Waals surface area contributed by atoms with Crippen LogP contribution in [0.2, 0.25) is 5.02 Å². The Morgan fingerprint density at radius 1 is 1.50 bits per heavy atom. The summed E-state index contributed by atoms with van der Waals surface area (Å²) in [6.07, 6.45) is 0. The van der Waals surface area contributed by atoms with Crippen LogP contribution in [0.1, 0.15) is 13.8 Å². The number of hydrogen-bond donors (Lipinski definition) is 2. The molecule has 5 heteroatoms. The predicted octanol–water partition coefficient (Wildman–Crippen LogP) is 3.02. The summed E-state index contributed by atoms with van der Waals surface area (Å²) < 4.78 is 0.740. The highest BCUT2D eigenvalue weighted by Gasteiger charge is 2.17. The molecule has 16 heavy (non-hydrogen) atoms. The molecule has 3 N–H and O–H groups in total. The Morgan fingerprint density at radius 2 is 2.12 bits per heavy atom. The number of benzene rings is 1. The summed E-state index contributed by atoms with van der Waals surface area (Å²) in [4.78, 5) is 11.7. The second-order valence-electron chi connectivity index (χ2n) is 3.88. The summed E-state index contributed by atoms with van der Waals surface area (Å²) >= 11 is 9.12. The number of nitrogens with two attached hydrogens (primary N) is 1. The molecule has 0 aliphatic heterocycles. The minimum atomic E-state index is -0.512. The van der Waals surface area contributed by atoms with Gasteiger partial charge in [0.05, 0.1) is 11.7 Å². The van der Waals surface area contributed by atoms with Gasteiger partial charge < -0.3 is 11.1 Å². The Balaban J connectivity index is 2.77. The second kappa shape index (κ2) is 5.66. The first kappa shape index (κ1) is 13.5. The molecule has 0 aliphatic carbocycles. The smallest absolute Gasteiger partial charge is 0.241 e. The molecule has 0 aromatic heterocycles. The Hall–Kier alpha value is -0.580. The van der Waals surface area contributed by atoms with Crippen molar-refractivity contribution < 1.29 is 4.79 Å². The van der Waals surface area contributed by atoms with E-state index in [0.717, 1.165) is 4.47 Å². The lowest BCUT2D eigenvalue weighted by Gasteiger charge is -2.16. The molecule has 0 saturated heterocycles. The summed E-state index contributed by atoms with van der Waals surface area (Å²) in [6, 6.07) is 4.65. The summed E-state index contributed by atoms with van der Waals surface area (Å²) in [6.45, 7) is 3.81. The highest BCUT2D eigenvalue weighted by Crippen LogP contribution is 2.26. The molecule has 88 valence electrons. The van der Waals surface area contributed by atoms with E-state index in [1.165, 1.54) is 0 Å². The topological polar surface area (TPSA) is 55.1 Å². The average Bonchev–Trinajstić information content (AvgIpc) is 2.20. The normalized spacial score (nSPS) is 12.6. The molecule has 1 amide bonds. The minimum Gasteiger partial charge on any atom is -0.324 e. The lowest BCUT2D eigenvalue weighted by atomic mass is 10.1. The van der Waals surface area contributed by atoms with Crippen molar-refractivity contribution in [3.63, 3.8) is 0 Å². The van der Waals surface area contributed by atoms with Crippen molar-refractivity contribution >= 4 is 39.1 Å². The van der Waals surface area contributed by atoms with Crippen molar-refractivity contribution in [3.8, 4) is 0 Å². The molecule has 0 aliphatic rings. The molecule has 1 aromatic rings. The third-order valence-corrected chi connectivity index (χ3v) is 3.10. The van der Waals surface area contributed by atoms with Gasteiger partial charge >= 0.3 is 0 Å². The lowest BCUT2D eigenvalue weighted by molar-refractivity contribution is -0.118. The third kappa shape index (κ3) is 3.47. The van der Waals surface area contributed by atoms with E-state index in [2.05, 4.69) is 21.2 Å². The lowest BCUT2D eigenvalue weighted by Crippen LogP contribution is -2.39. The van der Waals surface area contributed by atoms with Crippen LogP contribution in [0, 0.1) is 5.92 Å². The van der Waals surface area contributed by atoms with E-state index in [9.17, 15) is 4.79 Å². The number of nitrogens with one attached hydrogen (secondary N) is 1. The van der Waals surface area contributed by atoms with Gasteiger partial charge in [-0.15, -0.1) is 0 Å². The molecule has 0 unspecified atom stereocenters. The Morgan fingerprint density at radius 3 is 2.62 bits per heavy atom. The Labute approximate surface area is 108 Å². The SMILES string of the molecule is CC(C)[C@@H](N)C(=O)Nc1ccc(Cl)cc1Br. The zero-order valence-corrected chi connectivity index (χ0v) is 11.5. The molecule has 0 fully saturated rings. The molecule has 0 bridgehead atoms. The summed E-state index contributed by atoms with van der Waals surface area (Å²) in [5.41, 5.74) is 6.41. The van der Waals surface area contributed by atoms with Crippen molar-refractivity contribution in [1.29, 1.82) is 0 Å². The van der Waals surface area contributed by atoms with Crippen molar-refractivity contribution in [2.45, 2.75) is 19.9 Å². The molecule has 0 heterocycles.